The summed E-state index contributed by atoms with van der Waals surface area (Å²) < 4.78 is 58.0. The van der Waals surface area contributed by atoms with Crippen molar-refractivity contribution in [2.24, 2.45) is 0 Å². The summed E-state index contributed by atoms with van der Waals surface area (Å²) in [7, 11) is -4.16. The van der Waals surface area contributed by atoms with Crippen molar-refractivity contribution in [1.29, 1.82) is 0 Å². The lowest BCUT2D eigenvalue weighted by atomic mass is 10.4. The highest BCUT2D eigenvalue weighted by Gasteiger charge is 2.29. The number of benzene rings is 1. The quantitative estimate of drug-likeness (QED) is 0.864. The van der Waals surface area contributed by atoms with Crippen LogP contribution in [0.2, 0.25) is 5.02 Å². The average Bonchev–Trinajstić information content (AvgIpc) is 2.15. The van der Waals surface area contributed by atoms with E-state index in [4.69, 9.17) is 11.6 Å². The zero-order valence-corrected chi connectivity index (χ0v) is 9.73. The van der Waals surface area contributed by atoms with Gasteiger partial charge in [-0.2, -0.15) is 13.2 Å². The Labute approximate surface area is 100 Å². The van der Waals surface area contributed by atoms with E-state index in [-0.39, 0.29) is 9.92 Å². The number of halogens is 4. The van der Waals surface area contributed by atoms with Crippen molar-refractivity contribution < 1.29 is 26.4 Å². The van der Waals surface area contributed by atoms with Gasteiger partial charge in [0.05, 0.1) is 4.90 Å². The third-order valence-electron chi connectivity index (χ3n) is 1.51. The van der Waals surface area contributed by atoms with Crippen molar-refractivity contribution in [3.8, 4) is 0 Å². The molecule has 9 heteroatoms. The minimum absolute atomic E-state index is 0.142. The zero-order valence-electron chi connectivity index (χ0n) is 8.16. The van der Waals surface area contributed by atoms with Crippen molar-refractivity contribution in [3.05, 3.63) is 29.3 Å². The van der Waals surface area contributed by atoms with Crippen LogP contribution >= 0.6 is 11.6 Å². The van der Waals surface area contributed by atoms with Gasteiger partial charge in [-0.3, -0.25) is 4.84 Å². The Morgan fingerprint density at radius 2 is 2.00 bits per heavy atom. The maximum Gasteiger partial charge on any atom is 0.413 e. The molecule has 0 fully saturated rings. The Hall–Kier alpha value is -0.830. The van der Waals surface area contributed by atoms with Crippen molar-refractivity contribution in [1.82, 2.24) is 4.89 Å². The summed E-state index contributed by atoms with van der Waals surface area (Å²) in [5, 5.41) is 0.142. The molecule has 0 radical (unpaired) electrons. The molecule has 1 aromatic carbocycles. The molecule has 0 saturated heterocycles. The van der Waals surface area contributed by atoms with Crippen LogP contribution in [0.25, 0.3) is 0 Å². The molecule has 17 heavy (non-hydrogen) atoms. The number of alkyl halides is 3. The van der Waals surface area contributed by atoms with Gasteiger partial charge in [-0.15, -0.1) is 0 Å². The van der Waals surface area contributed by atoms with Crippen molar-refractivity contribution in [2.45, 2.75) is 11.1 Å². The number of hydrogen-bond donors (Lipinski definition) is 1. The molecule has 1 aromatic rings. The van der Waals surface area contributed by atoms with Crippen LogP contribution < -0.4 is 4.89 Å². The third-order valence-corrected chi connectivity index (χ3v) is 2.96. The molecular weight excluding hydrogens is 283 g/mol. The molecule has 0 aliphatic rings. The van der Waals surface area contributed by atoms with Gasteiger partial charge in [0.2, 0.25) is 0 Å². The standard InChI is InChI=1S/C8H7ClF3NO3S/c9-6-2-1-3-7(4-6)17(14,15)13-16-5-8(10,11)12/h1-4,13H,5H2. The fourth-order valence-electron chi connectivity index (χ4n) is 0.871. The van der Waals surface area contributed by atoms with Crippen LogP contribution in [-0.2, 0) is 14.9 Å². The van der Waals surface area contributed by atoms with E-state index in [1.807, 2.05) is 0 Å². The van der Waals surface area contributed by atoms with Crippen molar-refractivity contribution in [3.63, 3.8) is 0 Å². The predicted octanol–water partition coefficient (Wildman–Crippen LogP) is 2.11. The summed E-state index contributed by atoms with van der Waals surface area (Å²) in [5.41, 5.74) is 0. The van der Waals surface area contributed by atoms with Crippen LogP contribution in [0, 0.1) is 0 Å². The summed E-state index contributed by atoms with van der Waals surface area (Å²) >= 11 is 5.54. The Balaban J connectivity index is 2.70. The lowest BCUT2D eigenvalue weighted by Crippen LogP contribution is -2.29. The Morgan fingerprint density at radius 1 is 1.35 bits per heavy atom. The molecule has 0 aliphatic carbocycles. The summed E-state index contributed by atoms with van der Waals surface area (Å²) in [6.07, 6.45) is -4.61. The minimum Gasteiger partial charge on any atom is -0.277 e. The normalized spacial score (nSPS) is 12.7. The first-order valence-electron chi connectivity index (χ1n) is 4.17. The van der Waals surface area contributed by atoms with E-state index >= 15 is 0 Å². The number of rotatable bonds is 4. The van der Waals surface area contributed by atoms with E-state index in [2.05, 4.69) is 4.84 Å². The maximum absolute atomic E-state index is 11.7. The molecule has 0 aromatic heterocycles. The Morgan fingerprint density at radius 3 is 2.53 bits per heavy atom. The molecule has 0 atom stereocenters. The molecule has 0 heterocycles. The van der Waals surface area contributed by atoms with Gasteiger partial charge in [0.15, 0.2) is 6.61 Å². The highest BCUT2D eigenvalue weighted by Crippen LogP contribution is 2.17. The molecule has 1 N–H and O–H groups in total. The van der Waals surface area contributed by atoms with Crippen molar-refractivity contribution in [2.75, 3.05) is 6.61 Å². The van der Waals surface area contributed by atoms with E-state index in [0.29, 0.717) is 0 Å². The van der Waals surface area contributed by atoms with Crippen molar-refractivity contribution >= 4 is 21.6 Å². The number of nitrogens with one attached hydrogen (secondary N) is 1. The number of hydrogen-bond acceptors (Lipinski definition) is 3. The summed E-state index contributed by atoms with van der Waals surface area (Å²) in [4.78, 5) is 4.92. The van der Waals surface area contributed by atoms with E-state index in [9.17, 15) is 21.6 Å². The highest BCUT2D eigenvalue weighted by atomic mass is 35.5. The molecule has 0 unspecified atom stereocenters. The van der Waals surface area contributed by atoms with Gasteiger partial charge in [0, 0.05) is 5.02 Å². The SMILES string of the molecule is O=S(=O)(NOCC(F)(F)F)c1cccc(Cl)c1. The van der Waals surface area contributed by atoms with E-state index in [0.717, 1.165) is 6.07 Å². The largest absolute Gasteiger partial charge is 0.413 e. The van der Waals surface area contributed by atoms with E-state index < -0.39 is 22.8 Å². The summed E-state index contributed by atoms with van der Waals surface area (Å²) in [6, 6.07) is 5.03. The second-order valence-electron chi connectivity index (χ2n) is 2.95. The van der Waals surface area contributed by atoms with Gasteiger partial charge < -0.3 is 0 Å². The summed E-state index contributed by atoms with van der Waals surface area (Å²) in [6.45, 7) is -1.72. The van der Waals surface area contributed by atoms with Gasteiger partial charge in [-0.25, -0.2) is 8.42 Å². The first-order chi connectivity index (χ1) is 7.71. The Kier molecular flexibility index (Phi) is 4.36. The van der Waals surface area contributed by atoms with Crippen LogP contribution in [0.3, 0.4) is 0 Å². The van der Waals surface area contributed by atoms with Crippen LogP contribution in [-0.4, -0.2) is 21.2 Å². The first-order valence-corrected chi connectivity index (χ1v) is 6.03. The second kappa shape index (κ2) is 5.21. The van der Waals surface area contributed by atoms with Gasteiger partial charge in [-0.05, 0) is 18.2 Å². The fourth-order valence-corrected chi connectivity index (χ4v) is 1.98. The van der Waals surface area contributed by atoms with Crippen LogP contribution in [0.15, 0.2) is 29.2 Å². The first kappa shape index (κ1) is 14.2. The molecule has 0 saturated carbocycles. The smallest absolute Gasteiger partial charge is 0.277 e. The molecule has 96 valence electrons. The van der Waals surface area contributed by atoms with Crippen LogP contribution in [0.1, 0.15) is 0 Å². The lowest BCUT2D eigenvalue weighted by Gasteiger charge is -2.09. The Bertz CT molecular complexity index is 489. The third kappa shape index (κ3) is 4.90. The number of sulfonamides is 1. The monoisotopic (exact) mass is 289 g/mol. The van der Waals surface area contributed by atoms with Gasteiger partial charge >= 0.3 is 6.18 Å². The highest BCUT2D eigenvalue weighted by molar-refractivity contribution is 7.89. The molecule has 0 bridgehead atoms. The fraction of sp³-hybridized carbons (Fsp3) is 0.250. The van der Waals surface area contributed by atoms with Crippen LogP contribution in [0.4, 0.5) is 13.2 Å². The molecule has 0 amide bonds. The second-order valence-corrected chi connectivity index (χ2v) is 5.03. The topological polar surface area (TPSA) is 55.4 Å². The van der Waals surface area contributed by atoms with Gasteiger partial charge in [0.1, 0.15) is 0 Å². The van der Waals surface area contributed by atoms with E-state index in [1.165, 1.54) is 23.1 Å². The van der Waals surface area contributed by atoms with Gasteiger partial charge in [-0.1, -0.05) is 22.6 Å². The predicted molar refractivity (Wildman–Crippen MR) is 53.8 cm³/mol. The maximum atomic E-state index is 11.7. The van der Waals surface area contributed by atoms with Crippen LogP contribution in [0.5, 0.6) is 0 Å². The molecule has 1 rings (SSSR count). The molecule has 4 nitrogen and oxygen atoms in total. The van der Waals surface area contributed by atoms with Gasteiger partial charge in [0.25, 0.3) is 10.0 Å². The lowest BCUT2D eigenvalue weighted by molar-refractivity contribution is -0.181. The summed E-state index contributed by atoms with van der Waals surface area (Å²) in [5.74, 6) is 0. The molecule has 0 aliphatic heterocycles. The zero-order chi connectivity index (χ0) is 13.1. The molecular formula is C8H7ClF3NO3S. The molecule has 0 spiro atoms. The van der Waals surface area contributed by atoms with E-state index in [1.54, 1.807) is 0 Å². The minimum atomic E-state index is -4.61. The average molecular weight is 290 g/mol.